The van der Waals surface area contributed by atoms with E-state index in [9.17, 15) is 0 Å². The maximum absolute atomic E-state index is 6.72. The van der Waals surface area contributed by atoms with Gasteiger partial charge in [0.1, 0.15) is 22.3 Å². The average Bonchev–Trinajstić information content (AvgIpc) is 3.75. The van der Waals surface area contributed by atoms with Crippen molar-refractivity contribution in [3.8, 4) is 56.2 Å². The third kappa shape index (κ3) is 4.69. The summed E-state index contributed by atoms with van der Waals surface area (Å²) >= 11 is 0. The molecule has 4 heteroatoms. The zero-order chi connectivity index (χ0) is 33.0. The molecule has 0 aliphatic rings. The number of nitrogens with zero attached hydrogens (tertiary/aromatic N) is 2. The summed E-state index contributed by atoms with van der Waals surface area (Å²) in [5.41, 5.74) is 12.3. The van der Waals surface area contributed by atoms with Gasteiger partial charge in [0, 0.05) is 38.2 Å². The van der Waals surface area contributed by atoms with Crippen molar-refractivity contribution < 1.29 is 8.83 Å². The van der Waals surface area contributed by atoms with Gasteiger partial charge >= 0.3 is 0 Å². The number of benzene rings is 7. The van der Waals surface area contributed by atoms with Crippen molar-refractivity contribution in [2.45, 2.75) is 0 Å². The number of aromatic nitrogens is 2. The molecule has 0 N–H and O–H groups in total. The number of hydrogen-bond acceptors (Lipinski definition) is 4. The Morgan fingerprint density at radius 1 is 0.320 bits per heavy atom. The first kappa shape index (κ1) is 28.3. The van der Waals surface area contributed by atoms with Crippen molar-refractivity contribution in [2.75, 3.05) is 0 Å². The highest BCUT2D eigenvalue weighted by molar-refractivity contribution is 6.22. The van der Waals surface area contributed by atoms with E-state index in [1.807, 2.05) is 48.5 Å². The van der Waals surface area contributed by atoms with Crippen LogP contribution in [0.3, 0.4) is 0 Å². The van der Waals surface area contributed by atoms with E-state index < -0.39 is 0 Å². The third-order valence-electron chi connectivity index (χ3n) is 9.49. The van der Waals surface area contributed by atoms with Crippen LogP contribution < -0.4 is 0 Å². The Bertz CT molecular complexity index is 2780. The highest BCUT2D eigenvalue weighted by Gasteiger charge is 2.22. The molecule has 50 heavy (non-hydrogen) atoms. The lowest BCUT2D eigenvalue weighted by Crippen LogP contribution is -1.95. The Morgan fingerprint density at radius 3 is 1.36 bits per heavy atom. The fraction of sp³-hybridized carbons (Fsp3) is 0. The molecule has 0 unspecified atom stereocenters. The molecule has 0 aliphatic heterocycles. The molecule has 10 aromatic rings. The Kier molecular flexibility index (Phi) is 6.46. The van der Waals surface area contributed by atoms with Crippen LogP contribution in [0, 0.1) is 0 Å². The minimum atomic E-state index is 0.686. The molecule has 0 amide bonds. The van der Waals surface area contributed by atoms with Gasteiger partial charge < -0.3 is 8.83 Å². The first-order valence-corrected chi connectivity index (χ1v) is 16.7. The van der Waals surface area contributed by atoms with Crippen LogP contribution in [-0.4, -0.2) is 9.97 Å². The van der Waals surface area contributed by atoms with Crippen LogP contribution in [0.5, 0.6) is 0 Å². The molecule has 0 aliphatic carbocycles. The number of hydrogen-bond donors (Lipinski definition) is 0. The molecule has 10 rings (SSSR count). The number of rotatable bonds is 5. The second kappa shape index (κ2) is 11.4. The van der Waals surface area contributed by atoms with Crippen molar-refractivity contribution >= 4 is 43.9 Å². The van der Waals surface area contributed by atoms with E-state index in [4.69, 9.17) is 18.8 Å². The minimum Gasteiger partial charge on any atom is -0.455 e. The molecule has 4 nitrogen and oxygen atoms in total. The predicted octanol–water partition coefficient (Wildman–Crippen LogP) is 12.6. The van der Waals surface area contributed by atoms with Crippen LogP contribution in [0.15, 0.2) is 179 Å². The van der Waals surface area contributed by atoms with Crippen molar-refractivity contribution in [3.63, 3.8) is 0 Å². The largest absolute Gasteiger partial charge is 0.455 e. The standard InChI is InChI=1S/C46H28N2O2/c1-5-13-29(14-6-1)33-21-23-41-35(25-33)37-27-38-36-26-34(22-24-42(36)50-45(38)43(44(37)49-41)31-17-9-3-10-18-31)40-28-39(30-15-7-2-8-16-30)47-46(48-40)32-19-11-4-12-20-32/h1-28H. The van der Waals surface area contributed by atoms with Gasteiger partial charge in [-0.15, -0.1) is 0 Å². The molecule has 0 spiro atoms. The summed E-state index contributed by atoms with van der Waals surface area (Å²) in [7, 11) is 0. The summed E-state index contributed by atoms with van der Waals surface area (Å²) in [6.07, 6.45) is 0. The molecular formula is C46H28N2O2. The Balaban J connectivity index is 1.23. The third-order valence-corrected chi connectivity index (χ3v) is 9.49. The SMILES string of the molecule is c1ccc(-c2ccc3oc4c(-c5ccccc5)c5oc6ccc(-c7cc(-c8ccccc8)nc(-c8ccccc8)n7)cc6c5cc4c3c2)cc1. The lowest BCUT2D eigenvalue weighted by Gasteiger charge is -2.09. The van der Waals surface area contributed by atoms with Gasteiger partial charge in [0.25, 0.3) is 0 Å². The van der Waals surface area contributed by atoms with Crippen LogP contribution in [-0.2, 0) is 0 Å². The van der Waals surface area contributed by atoms with E-state index in [1.54, 1.807) is 0 Å². The van der Waals surface area contributed by atoms with Gasteiger partial charge in [-0.05, 0) is 59.2 Å². The van der Waals surface area contributed by atoms with Crippen molar-refractivity contribution in [1.29, 1.82) is 0 Å². The van der Waals surface area contributed by atoms with Gasteiger partial charge in [0.15, 0.2) is 5.82 Å². The molecule has 0 atom stereocenters. The average molecular weight is 641 g/mol. The second-order valence-electron chi connectivity index (χ2n) is 12.6. The smallest absolute Gasteiger partial charge is 0.160 e. The summed E-state index contributed by atoms with van der Waals surface area (Å²) in [6.45, 7) is 0. The molecule has 0 fully saturated rings. The predicted molar refractivity (Wildman–Crippen MR) is 204 cm³/mol. The van der Waals surface area contributed by atoms with E-state index in [-0.39, 0.29) is 0 Å². The first-order valence-electron chi connectivity index (χ1n) is 16.7. The van der Waals surface area contributed by atoms with Crippen LogP contribution >= 0.6 is 0 Å². The maximum atomic E-state index is 6.72. The first-order chi connectivity index (χ1) is 24.8. The maximum Gasteiger partial charge on any atom is 0.160 e. The van der Waals surface area contributed by atoms with Crippen LogP contribution in [0.25, 0.3) is 100 Å². The molecule has 0 saturated heterocycles. The summed E-state index contributed by atoms with van der Waals surface area (Å²) in [6, 6.07) is 58.4. The van der Waals surface area contributed by atoms with Gasteiger partial charge in [-0.3, -0.25) is 0 Å². The molecule has 0 bridgehead atoms. The van der Waals surface area contributed by atoms with Gasteiger partial charge in [0.05, 0.1) is 17.0 Å². The van der Waals surface area contributed by atoms with Crippen LogP contribution in [0.2, 0.25) is 0 Å². The van der Waals surface area contributed by atoms with Crippen molar-refractivity contribution in [1.82, 2.24) is 9.97 Å². The minimum absolute atomic E-state index is 0.686. The quantitative estimate of drug-likeness (QED) is 0.188. The second-order valence-corrected chi connectivity index (χ2v) is 12.6. The number of fused-ring (bicyclic) bond motifs is 6. The molecule has 0 saturated carbocycles. The normalized spacial score (nSPS) is 11.6. The molecule has 3 aromatic heterocycles. The summed E-state index contributed by atoms with van der Waals surface area (Å²) in [4.78, 5) is 10.1. The van der Waals surface area contributed by atoms with Crippen molar-refractivity contribution in [2.24, 2.45) is 0 Å². The van der Waals surface area contributed by atoms with Gasteiger partial charge in [-0.2, -0.15) is 0 Å². The van der Waals surface area contributed by atoms with E-state index in [2.05, 4.69) is 121 Å². The summed E-state index contributed by atoms with van der Waals surface area (Å²) in [5.74, 6) is 0.686. The Hall–Kier alpha value is -6.78. The van der Waals surface area contributed by atoms with Gasteiger partial charge in [0.2, 0.25) is 0 Å². The van der Waals surface area contributed by atoms with E-state index in [0.29, 0.717) is 5.82 Å². The van der Waals surface area contributed by atoms with Crippen LogP contribution in [0.4, 0.5) is 0 Å². The van der Waals surface area contributed by atoms with E-state index in [0.717, 1.165) is 88.6 Å². The topological polar surface area (TPSA) is 52.1 Å². The monoisotopic (exact) mass is 640 g/mol. The Labute approximate surface area is 287 Å². The molecule has 3 heterocycles. The summed E-state index contributed by atoms with van der Waals surface area (Å²) < 4.78 is 13.4. The van der Waals surface area contributed by atoms with Gasteiger partial charge in [-0.25, -0.2) is 9.97 Å². The highest BCUT2D eigenvalue weighted by Crippen LogP contribution is 2.45. The highest BCUT2D eigenvalue weighted by atomic mass is 16.3. The fourth-order valence-corrected chi connectivity index (χ4v) is 7.04. The molecule has 7 aromatic carbocycles. The summed E-state index contributed by atoms with van der Waals surface area (Å²) in [5, 5.41) is 4.17. The van der Waals surface area contributed by atoms with E-state index in [1.165, 1.54) is 5.56 Å². The van der Waals surface area contributed by atoms with Crippen LogP contribution in [0.1, 0.15) is 0 Å². The molecular weight excluding hydrogens is 613 g/mol. The van der Waals surface area contributed by atoms with Gasteiger partial charge in [-0.1, -0.05) is 127 Å². The molecule has 234 valence electrons. The zero-order valence-electron chi connectivity index (χ0n) is 26.9. The lowest BCUT2D eigenvalue weighted by atomic mass is 9.97. The zero-order valence-corrected chi connectivity index (χ0v) is 26.9. The molecule has 0 radical (unpaired) electrons. The fourth-order valence-electron chi connectivity index (χ4n) is 7.04. The lowest BCUT2D eigenvalue weighted by molar-refractivity contribution is 0.658. The number of furan rings is 2. The van der Waals surface area contributed by atoms with Crippen molar-refractivity contribution in [3.05, 3.63) is 170 Å². The van der Waals surface area contributed by atoms with E-state index >= 15 is 0 Å². The Morgan fingerprint density at radius 2 is 0.780 bits per heavy atom.